The fourth-order valence-electron chi connectivity index (χ4n) is 1.48. The van der Waals surface area contributed by atoms with E-state index in [9.17, 15) is 4.79 Å². The molecule has 0 spiro atoms. The first kappa shape index (κ1) is 13.2. The molecule has 4 nitrogen and oxygen atoms in total. The Morgan fingerprint density at radius 2 is 1.94 bits per heavy atom. The second-order valence-corrected chi connectivity index (χ2v) is 4.54. The summed E-state index contributed by atoms with van der Waals surface area (Å²) in [6, 6.07) is 9.13. The minimum atomic E-state index is -0.648. The SMILES string of the molecule is CCC(C)(C)C(=NNC(N)=O)c1ccccc1. The van der Waals surface area contributed by atoms with Gasteiger partial charge in [0.15, 0.2) is 0 Å². The smallest absolute Gasteiger partial charge is 0.332 e. The van der Waals surface area contributed by atoms with Gasteiger partial charge < -0.3 is 5.73 Å². The highest BCUT2D eigenvalue weighted by molar-refractivity contribution is 6.04. The normalized spacial score (nSPS) is 12.3. The van der Waals surface area contributed by atoms with Crippen LogP contribution < -0.4 is 11.2 Å². The zero-order valence-electron chi connectivity index (χ0n) is 10.5. The average Bonchev–Trinajstić information content (AvgIpc) is 2.30. The average molecular weight is 233 g/mol. The van der Waals surface area contributed by atoms with E-state index in [0.29, 0.717) is 0 Å². The third-order valence-electron chi connectivity index (χ3n) is 2.85. The van der Waals surface area contributed by atoms with Gasteiger partial charge in [0.2, 0.25) is 0 Å². The number of nitrogens with one attached hydrogen (secondary N) is 1. The van der Waals surface area contributed by atoms with E-state index in [1.54, 1.807) is 0 Å². The van der Waals surface area contributed by atoms with Crippen LogP contribution in [0.15, 0.2) is 35.4 Å². The molecule has 17 heavy (non-hydrogen) atoms. The molecule has 0 saturated carbocycles. The number of primary amides is 1. The van der Waals surface area contributed by atoms with Gasteiger partial charge in [-0.3, -0.25) is 0 Å². The Morgan fingerprint density at radius 1 is 1.35 bits per heavy atom. The summed E-state index contributed by atoms with van der Waals surface area (Å²) >= 11 is 0. The molecule has 0 aliphatic rings. The number of hydrogen-bond acceptors (Lipinski definition) is 2. The van der Waals surface area contributed by atoms with Crippen LogP contribution in [-0.2, 0) is 0 Å². The molecule has 0 saturated heterocycles. The summed E-state index contributed by atoms with van der Waals surface area (Å²) in [4.78, 5) is 10.8. The number of nitrogens with two attached hydrogens (primary N) is 1. The van der Waals surface area contributed by atoms with Crippen LogP contribution >= 0.6 is 0 Å². The number of hydrazone groups is 1. The lowest BCUT2D eigenvalue weighted by Crippen LogP contribution is -2.31. The molecule has 0 atom stereocenters. The first-order valence-corrected chi connectivity index (χ1v) is 5.66. The van der Waals surface area contributed by atoms with Crippen LogP contribution in [0.25, 0.3) is 0 Å². The van der Waals surface area contributed by atoms with Gasteiger partial charge in [-0.2, -0.15) is 5.10 Å². The second kappa shape index (κ2) is 5.48. The number of amides is 2. The summed E-state index contributed by atoms with van der Waals surface area (Å²) in [5, 5.41) is 4.13. The van der Waals surface area contributed by atoms with E-state index in [-0.39, 0.29) is 5.41 Å². The summed E-state index contributed by atoms with van der Waals surface area (Å²) < 4.78 is 0. The molecule has 2 amide bonds. The van der Waals surface area contributed by atoms with Crippen LogP contribution in [-0.4, -0.2) is 11.7 Å². The van der Waals surface area contributed by atoms with Crippen molar-refractivity contribution in [3.8, 4) is 0 Å². The molecule has 1 aromatic rings. The number of hydrogen-bond donors (Lipinski definition) is 2. The summed E-state index contributed by atoms with van der Waals surface area (Å²) in [5.74, 6) is 0. The largest absolute Gasteiger partial charge is 0.350 e. The quantitative estimate of drug-likeness (QED) is 0.609. The Kier molecular flexibility index (Phi) is 4.26. The highest BCUT2D eigenvalue weighted by Gasteiger charge is 2.24. The van der Waals surface area contributed by atoms with Crippen molar-refractivity contribution in [3.63, 3.8) is 0 Å². The lowest BCUT2D eigenvalue weighted by molar-refractivity contribution is 0.249. The van der Waals surface area contributed by atoms with Gasteiger partial charge in [0.05, 0.1) is 5.71 Å². The molecule has 0 aromatic heterocycles. The molecular formula is C13H19N3O. The van der Waals surface area contributed by atoms with Gasteiger partial charge in [0.1, 0.15) is 0 Å². The molecule has 1 aromatic carbocycles. The molecule has 0 unspecified atom stereocenters. The monoisotopic (exact) mass is 233 g/mol. The third-order valence-corrected chi connectivity index (χ3v) is 2.85. The molecule has 1 rings (SSSR count). The van der Waals surface area contributed by atoms with Crippen LogP contribution in [0.4, 0.5) is 4.79 Å². The van der Waals surface area contributed by atoms with Crippen LogP contribution in [0.1, 0.15) is 32.8 Å². The maximum Gasteiger partial charge on any atom is 0.332 e. The zero-order chi connectivity index (χ0) is 12.9. The minimum Gasteiger partial charge on any atom is -0.350 e. The number of nitrogens with zero attached hydrogens (tertiary/aromatic N) is 1. The number of carbonyl (C=O) groups excluding carboxylic acids is 1. The van der Waals surface area contributed by atoms with Gasteiger partial charge in [0.25, 0.3) is 0 Å². The van der Waals surface area contributed by atoms with E-state index in [1.807, 2.05) is 30.3 Å². The molecule has 0 fully saturated rings. The molecule has 92 valence electrons. The van der Waals surface area contributed by atoms with E-state index in [2.05, 4.69) is 31.3 Å². The van der Waals surface area contributed by atoms with Crippen LogP contribution in [0, 0.1) is 5.41 Å². The van der Waals surface area contributed by atoms with Crippen molar-refractivity contribution in [1.82, 2.24) is 5.43 Å². The van der Waals surface area contributed by atoms with E-state index in [4.69, 9.17) is 5.73 Å². The van der Waals surface area contributed by atoms with Gasteiger partial charge in [-0.15, -0.1) is 0 Å². The fourth-order valence-corrected chi connectivity index (χ4v) is 1.48. The molecule has 4 heteroatoms. The van der Waals surface area contributed by atoms with Crippen molar-refractivity contribution in [1.29, 1.82) is 0 Å². The van der Waals surface area contributed by atoms with Crippen molar-refractivity contribution < 1.29 is 4.79 Å². The van der Waals surface area contributed by atoms with Gasteiger partial charge in [-0.05, 0) is 12.0 Å². The minimum absolute atomic E-state index is 0.121. The molecule has 0 heterocycles. The summed E-state index contributed by atoms with van der Waals surface area (Å²) in [7, 11) is 0. The van der Waals surface area contributed by atoms with E-state index < -0.39 is 6.03 Å². The standard InChI is InChI=1S/C13H19N3O/c1-4-13(2,3)11(15-16-12(14)17)10-8-6-5-7-9-10/h5-9H,4H2,1-3H3,(H3,14,16,17). The lowest BCUT2D eigenvalue weighted by atomic mass is 9.81. The summed E-state index contributed by atoms with van der Waals surface area (Å²) in [5.41, 5.74) is 9.06. The molecule has 0 aliphatic heterocycles. The number of urea groups is 1. The van der Waals surface area contributed by atoms with Gasteiger partial charge >= 0.3 is 6.03 Å². The molecule has 0 bridgehead atoms. The maximum absolute atomic E-state index is 10.8. The topological polar surface area (TPSA) is 67.5 Å². The Hall–Kier alpha value is -1.84. The first-order chi connectivity index (χ1) is 7.97. The van der Waals surface area contributed by atoms with Crippen LogP contribution in [0.5, 0.6) is 0 Å². The highest BCUT2D eigenvalue weighted by atomic mass is 16.2. The van der Waals surface area contributed by atoms with Crippen molar-refractivity contribution in [2.24, 2.45) is 16.3 Å². The Labute approximate surface area is 102 Å². The molecule has 0 aliphatic carbocycles. The number of benzene rings is 1. The van der Waals surface area contributed by atoms with Crippen molar-refractivity contribution in [2.45, 2.75) is 27.2 Å². The van der Waals surface area contributed by atoms with Gasteiger partial charge in [0, 0.05) is 5.41 Å². The van der Waals surface area contributed by atoms with Crippen molar-refractivity contribution in [2.75, 3.05) is 0 Å². The Balaban J connectivity index is 3.12. The highest BCUT2D eigenvalue weighted by Crippen LogP contribution is 2.26. The fraction of sp³-hybridized carbons (Fsp3) is 0.385. The first-order valence-electron chi connectivity index (χ1n) is 5.66. The zero-order valence-corrected chi connectivity index (χ0v) is 10.5. The van der Waals surface area contributed by atoms with Gasteiger partial charge in [-0.25, -0.2) is 10.2 Å². The molecular weight excluding hydrogens is 214 g/mol. The molecule has 0 radical (unpaired) electrons. The summed E-state index contributed by atoms with van der Waals surface area (Å²) in [6.45, 7) is 6.26. The Morgan fingerprint density at radius 3 is 2.41 bits per heavy atom. The van der Waals surface area contributed by atoms with Crippen LogP contribution in [0.3, 0.4) is 0 Å². The number of carbonyl (C=O) groups is 1. The van der Waals surface area contributed by atoms with Crippen LogP contribution in [0.2, 0.25) is 0 Å². The van der Waals surface area contributed by atoms with Crippen molar-refractivity contribution >= 4 is 11.7 Å². The predicted octanol–water partition coefficient (Wildman–Crippen LogP) is 2.50. The summed E-state index contributed by atoms with van der Waals surface area (Å²) in [6.07, 6.45) is 0.918. The second-order valence-electron chi connectivity index (χ2n) is 4.54. The lowest BCUT2D eigenvalue weighted by Gasteiger charge is -2.25. The Bertz CT molecular complexity index is 410. The number of rotatable bonds is 4. The van der Waals surface area contributed by atoms with E-state index >= 15 is 0 Å². The van der Waals surface area contributed by atoms with E-state index in [0.717, 1.165) is 17.7 Å². The third kappa shape index (κ3) is 3.59. The predicted molar refractivity (Wildman–Crippen MR) is 69.8 cm³/mol. The van der Waals surface area contributed by atoms with Gasteiger partial charge in [-0.1, -0.05) is 51.1 Å². The van der Waals surface area contributed by atoms with E-state index in [1.165, 1.54) is 0 Å². The molecule has 3 N–H and O–H groups in total. The maximum atomic E-state index is 10.8. The van der Waals surface area contributed by atoms with Crippen molar-refractivity contribution in [3.05, 3.63) is 35.9 Å².